The number of benzene rings is 2. The molecule has 5 aromatic rings. The average molecular weight is 415 g/mol. The Balaban J connectivity index is 1.63. The van der Waals surface area contributed by atoms with Crippen molar-refractivity contribution in [2.45, 2.75) is 6.92 Å². The summed E-state index contributed by atoms with van der Waals surface area (Å²) in [6.07, 6.45) is 0. The minimum absolute atomic E-state index is 0.0303. The molecule has 0 atom stereocenters. The monoisotopic (exact) mass is 415 g/mol. The first kappa shape index (κ1) is 18.5. The first-order chi connectivity index (χ1) is 14.9. The van der Waals surface area contributed by atoms with Gasteiger partial charge in [0, 0.05) is 5.39 Å². The molecular weight excluding hydrogens is 402 g/mol. The van der Waals surface area contributed by atoms with Crippen LogP contribution >= 0.6 is 0 Å². The topological polar surface area (TPSA) is 138 Å². The van der Waals surface area contributed by atoms with E-state index in [-0.39, 0.29) is 22.5 Å². The molecule has 2 N–H and O–H groups in total. The molecule has 0 aliphatic rings. The predicted molar refractivity (Wildman–Crippen MR) is 112 cm³/mol. The van der Waals surface area contributed by atoms with Gasteiger partial charge in [-0.15, -0.1) is 10.2 Å². The molecule has 5 rings (SSSR count). The van der Waals surface area contributed by atoms with Gasteiger partial charge in [-0.3, -0.25) is 4.79 Å². The van der Waals surface area contributed by atoms with Crippen molar-refractivity contribution in [1.29, 1.82) is 0 Å². The lowest BCUT2D eigenvalue weighted by Gasteiger charge is -2.04. The number of fused-ring (bicyclic) bond motifs is 4. The van der Waals surface area contributed by atoms with Crippen LogP contribution in [0, 0.1) is 6.92 Å². The zero-order chi connectivity index (χ0) is 21.7. The summed E-state index contributed by atoms with van der Waals surface area (Å²) in [4.78, 5) is 40.2. The van der Waals surface area contributed by atoms with Crippen LogP contribution in [0.25, 0.3) is 32.8 Å². The third-order valence-electron chi connectivity index (χ3n) is 4.95. The summed E-state index contributed by atoms with van der Waals surface area (Å²) in [5.74, 6) is -1.30. The normalized spacial score (nSPS) is 11.8. The fourth-order valence-corrected chi connectivity index (χ4v) is 3.45. The molecule has 0 aliphatic carbocycles. The van der Waals surface area contributed by atoms with Crippen LogP contribution in [-0.4, -0.2) is 16.0 Å². The van der Waals surface area contributed by atoms with Gasteiger partial charge in [0.05, 0.1) is 10.9 Å². The molecule has 9 heteroatoms. The Morgan fingerprint density at radius 1 is 0.935 bits per heavy atom. The smallest absolute Gasteiger partial charge is 0.349 e. The second-order valence-electron chi connectivity index (χ2n) is 6.90. The fourth-order valence-electron chi connectivity index (χ4n) is 3.45. The summed E-state index contributed by atoms with van der Waals surface area (Å²) in [6, 6.07) is 13.1. The predicted octanol–water partition coefficient (Wildman–Crippen LogP) is 4.32. The number of carbonyl (C=O) groups excluding carboxylic acids is 1. The standard InChI is InChI=1S/C22H13N3O6/c1-10-5-4-7-12-17(10)30-21(28)13-9-14(22(29)31-18(12)13)19(26)25-24-16-11-6-2-3-8-15(11)23-20(16)27/h2-9,23,27H,1H3. The van der Waals surface area contributed by atoms with Gasteiger partial charge in [-0.05, 0) is 30.7 Å². The van der Waals surface area contributed by atoms with Gasteiger partial charge in [0.25, 0.3) is 0 Å². The van der Waals surface area contributed by atoms with Gasteiger partial charge in [0.2, 0.25) is 5.88 Å². The van der Waals surface area contributed by atoms with E-state index in [1.165, 1.54) is 0 Å². The van der Waals surface area contributed by atoms with Gasteiger partial charge in [0.1, 0.15) is 16.5 Å². The molecule has 0 spiro atoms. The van der Waals surface area contributed by atoms with E-state index >= 15 is 0 Å². The number of carbonyl (C=O) groups is 1. The number of hydrogen-bond acceptors (Lipinski definition) is 7. The zero-order valence-corrected chi connectivity index (χ0v) is 16.0. The van der Waals surface area contributed by atoms with Crippen LogP contribution in [0.4, 0.5) is 5.69 Å². The molecule has 3 aromatic heterocycles. The lowest BCUT2D eigenvalue weighted by atomic mass is 10.1. The molecule has 3 heterocycles. The molecule has 0 aliphatic heterocycles. The van der Waals surface area contributed by atoms with Crippen LogP contribution in [0.1, 0.15) is 15.9 Å². The minimum atomic E-state index is -1.02. The molecule has 0 saturated carbocycles. The number of azo groups is 1. The molecule has 0 unspecified atom stereocenters. The van der Waals surface area contributed by atoms with Gasteiger partial charge in [0.15, 0.2) is 11.3 Å². The highest BCUT2D eigenvalue weighted by molar-refractivity contribution is 6.04. The molecule has 0 fully saturated rings. The van der Waals surface area contributed by atoms with Gasteiger partial charge in [-0.2, -0.15) is 0 Å². The van der Waals surface area contributed by atoms with Crippen molar-refractivity contribution in [3.63, 3.8) is 0 Å². The lowest BCUT2D eigenvalue weighted by Crippen LogP contribution is -2.14. The van der Waals surface area contributed by atoms with Gasteiger partial charge >= 0.3 is 17.2 Å². The number of aromatic hydroxyl groups is 1. The number of nitrogens with zero attached hydrogens (tertiary/aromatic N) is 2. The van der Waals surface area contributed by atoms with E-state index < -0.39 is 22.7 Å². The molecule has 152 valence electrons. The van der Waals surface area contributed by atoms with Crippen LogP contribution in [0.15, 0.2) is 77.2 Å². The summed E-state index contributed by atoms with van der Waals surface area (Å²) in [5.41, 5.74) is -0.503. The summed E-state index contributed by atoms with van der Waals surface area (Å²) < 4.78 is 10.6. The molecule has 0 bridgehead atoms. The maximum Gasteiger partial charge on any atom is 0.349 e. The molecule has 31 heavy (non-hydrogen) atoms. The van der Waals surface area contributed by atoms with E-state index in [4.69, 9.17) is 8.83 Å². The minimum Gasteiger partial charge on any atom is -0.493 e. The van der Waals surface area contributed by atoms with Crippen molar-refractivity contribution in [2.24, 2.45) is 10.2 Å². The Morgan fingerprint density at radius 2 is 1.68 bits per heavy atom. The maximum absolute atomic E-state index is 12.5. The average Bonchev–Trinajstić information content (AvgIpc) is 3.07. The SMILES string of the molecule is Cc1cccc2c1oc(=O)c1cc(C(=O)N=Nc3c(O)[nH]c4ccccc34)c(=O)oc12. The largest absolute Gasteiger partial charge is 0.493 e. The van der Waals surface area contributed by atoms with E-state index in [2.05, 4.69) is 15.2 Å². The van der Waals surface area contributed by atoms with Crippen molar-refractivity contribution < 1.29 is 18.7 Å². The number of rotatable bonds is 2. The highest BCUT2D eigenvalue weighted by atomic mass is 16.4. The van der Waals surface area contributed by atoms with Gasteiger partial charge in [-0.25, -0.2) is 9.59 Å². The molecular formula is C22H13N3O6. The Morgan fingerprint density at radius 3 is 2.52 bits per heavy atom. The summed E-state index contributed by atoms with van der Waals surface area (Å²) in [5, 5.41) is 18.3. The third kappa shape index (κ3) is 2.91. The highest BCUT2D eigenvalue weighted by Crippen LogP contribution is 2.35. The Bertz CT molecular complexity index is 1670. The molecule has 2 aromatic carbocycles. The number of para-hydroxylation sites is 2. The summed E-state index contributed by atoms with van der Waals surface area (Å²) in [7, 11) is 0. The number of H-pyrrole nitrogens is 1. The van der Waals surface area contributed by atoms with Crippen LogP contribution < -0.4 is 11.3 Å². The van der Waals surface area contributed by atoms with Crippen molar-refractivity contribution in [3.05, 3.63) is 80.5 Å². The number of nitrogens with one attached hydrogen (secondary N) is 1. The number of amides is 1. The van der Waals surface area contributed by atoms with E-state index in [1.54, 1.807) is 49.4 Å². The van der Waals surface area contributed by atoms with Crippen LogP contribution in [0.3, 0.4) is 0 Å². The fraction of sp³-hybridized carbons (Fsp3) is 0.0455. The molecule has 0 radical (unpaired) electrons. The van der Waals surface area contributed by atoms with E-state index in [0.717, 1.165) is 6.07 Å². The quantitative estimate of drug-likeness (QED) is 0.250. The second-order valence-corrected chi connectivity index (χ2v) is 6.90. The summed E-state index contributed by atoms with van der Waals surface area (Å²) in [6.45, 7) is 1.76. The van der Waals surface area contributed by atoms with Crippen LogP contribution in [-0.2, 0) is 0 Å². The molecule has 9 nitrogen and oxygen atoms in total. The highest BCUT2D eigenvalue weighted by Gasteiger charge is 2.19. The number of hydrogen-bond donors (Lipinski definition) is 2. The molecule has 0 saturated heterocycles. The summed E-state index contributed by atoms with van der Waals surface area (Å²) >= 11 is 0. The number of aromatic amines is 1. The van der Waals surface area contributed by atoms with Crippen molar-refractivity contribution in [3.8, 4) is 5.88 Å². The zero-order valence-electron chi connectivity index (χ0n) is 16.0. The second kappa shape index (κ2) is 6.77. The van der Waals surface area contributed by atoms with Crippen molar-refractivity contribution in [2.75, 3.05) is 0 Å². The van der Waals surface area contributed by atoms with Crippen LogP contribution in [0.5, 0.6) is 5.88 Å². The number of aromatic nitrogens is 1. The Kier molecular flexibility index (Phi) is 4.04. The third-order valence-corrected chi connectivity index (χ3v) is 4.95. The van der Waals surface area contributed by atoms with Crippen LogP contribution in [0.2, 0.25) is 0 Å². The molecule has 1 amide bonds. The Hall–Kier alpha value is -4.53. The van der Waals surface area contributed by atoms with Crippen molar-refractivity contribution >= 4 is 44.4 Å². The first-order valence-electron chi connectivity index (χ1n) is 9.20. The van der Waals surface area contributed by atoms with Gasteiger partial charge < -0.3 is 18.9 Å². The first-order valence-corrected chi connectivity index (χ1v) is 9.20. The van der Waals surface area contributed by atoms with E-state index in [1.807, 2.05) is 0 Å². The lowest BCUT2D eigenvalue weighted by molar-refractivity contribution is 0.0991. The van der Waals surface area contributed by atoms with Gasteiger partial charge in [-0.1, -0.05) is 30.3 Å². The number of aryl methyl sites for hydroxylation is 1. The van der Waals surface area contributed by atoms with Crippen molar-refractivity contribution in [1.82, 2.24) is 4.98 Å². The van der Waals surface area contributed by atoms with E-state index in [9.17, 15) is 19.5 Å². The van der Waals surface area contributed by atoms with E-state index in [0.29, 0.717) is 27.4 Å². The maximum atomic E-state index is 12.5. The Labute approximate surface area is 172 Å².